The summed E-state index contributed by atoms with van der Waals surface area (Å²) in [5, 5.41) is 8.16. The summed E-state index contributed by atoms with van der Waals surface area (Å²) in [7, 11) is 2.08. The Morgan fingerprint density at radius 1 is 0.763 bits per heavy atom. The minimum atomic E-state index is -0.988. The molecule has 1 atom stereocenters. The Kier molecular flexibility index (Phi) is 11.1. The number of piperidine rings is 1. The van der Waals surface area contributed by atoms with Crippen LogP contribution in [0.15, 0.2) is 73.2 Å². The van der Waals surface area contributed by atoms with E-state index in [0.717, 1.165) is 83.9 Å². The van der Waals surface area contributed by atoms with Gasteiger partial charge in [0.25, 0.3) is 11.8 Å². The second-order valence-corrected chi connectivity index (χ2v) is 15.9. The van der Waals surface area contributed by atoms with Gasteiger partial charge in [0.05, 0.1) is 35.5 Å². The van der Waals surface area contributed by atoms with Crippen molar-refractivity contribution in [3.8, 4) is 22.8 Å². The number of benzene rings is 2. The number of fused-ring (bicyclic) bond motifs is 4. The van der Waals surface area contributed by atoms with Crippen molar-refractivity contribution in [2.75, 3.05) is 26.4 Å². The van der Waals surface area contributed by atoms with E-state index >= 15 is 0 Å². The quantitative estimate of drug-likeness (QED) is 0.102. The molecule has 1 saturated heterocycles. The van der Waals surface area contributed by atoms with E-state index in [1.165, 1.54) is 5.39 Å². The summed E-state index contributed by atoms with van der Waals surface area (Å²) in [5.74, 6) is -0.921. The average Bonchev–Trinajstić information content (AvgIpc) is 3.66. The second kappa shape index (κ2) is 16.9. The number of hydrogen-bond acceptors (Lipinski definition) is 11. The Bertz CT molecular complexity index is 2380. The number of rotatable bonds is 15. The molecule has 5 aromatic rings. The van der Waals surface area contributed by atoms with Crippen molar-refractivity contribution < 1.29 is 38.1 Å². The molecule has 5 heterocycles. The van der Waals surface area contributed by atoms with Gasteiger partial charge in [-0.05, 0) is 80.5 Å². The molecule has 3 aromatic heterocycles. The molecular formula is C45H48N6O8. The normalized spacial score (nSPS) is 23.1. The number of pyridine rings is 2. The van der Waals surface area contributed by atoms with E-state index in [1.54, 1.807) is 18.2 Å². The molecule has 0 spiro atoms. The van der Waals surface area contributed by atoms with Crippen LogP contribution >= 0.6 is 0 Å². The van der Waals surface area contributed by atoms with Crippen molar-refractivity contribution in [2.24, 2.45) is 7.05 Å². The zero-order valence-electron chi connectivity index (χ0n) is 33.1. The van der Waals surface area contributed by atoms with E-state index in [2.05, 4.69) is 56.5 Å². The Balaban J connectivity index is 0.618. The summed E-state index contributed by atoms with van der Waals surface area (Å²) >= 11 is 0. The number of nitrogens with one attached hydrogen (secondary N) is 2. The second-order valence-electron chi connectivity index (χ2n) is 15.9. The van der Waals surface area contributed by atoms with E-state index in [9.17, 15) is 19.2 Å². The van der Waals surface area contributed by atoms with Gasteiger partial charge in [0, 0.05) is 98.6 Å². The minimum absolute atomic E-state index is 0.00334. The highest BCUT2D eigenvalue weighted by Crippen LogP contribution is 2.34. The van der Waals surface area contributed by atoms with Gasteiger partial charge in [0.1, 0.15) is 17.9 Å². The van der Waals surface area contributed by atoms with Crippen LogP contribution in [0.3, 0.4) is 0 Å². The van der Waals surface area contributed by atoms with Crippen LogP contribution in [0.2, 0.25) is 0 Å². The van der Waals surface area contributed by atoms with E-state index in [-0.39, 0.29) is 42.3 Å². The highest BCUT2D eigenvalue weighted by molar-refractivity contribution is 6.23. The van der Waals surface area contributed by atoms with Gasteiger partial charge in [0.15, 0.2) is 0 Å². The molecule has 1 unspecified atom stereocenters. The van der Waals surface area contributed by atoms with Crippen molar-refractivity contribution in [1.29, 1.82) is 0 Å². The first kappa shape index (κ1) is 38.8. The standard InChI is InChI=1S/C45H48N6O8/c1-50-38-15-16-46-26-37(38)34-10-3-27(21-40(34)50)28-4-14-42(48-25-28)59-33-22-32(23-33)57-19-2-18-56-20-17-47-29-5-7-30(8-6-29)58-31-9-11-35-36(24-31)45(55)51(44(35)54)39-12-13-41(52)49-43(39)53/h3-4,9-11,14-16,21,24-26,29-30,32-33,39,47H,2,5-8,12-13,17-20,22-23H2,1H3,(H,49,52,53)/t29-,30-,32-,33-,39?. The van der Waals surface area contributed by atoms with Gasteiger partial charge >= 0.3 is 0 Å². The summed E-state index contributed by atoms with van der Waals surface area (Å²) < 4.78 is 26.4. The molecule has 3 fully saturated rings. The van der Waals surface area contributed by atoms with Crippen LogP contribution < -0.4 is 20.1 Å². The molecule has 2 saturated carbocycles. The van der Waals surface area contributed by atoms with Gasteiger partial charge in [0.2, 0.25) is 17.7 Å². The number of carbonyl (C=O) groups excluding carboxylic acids is 4. The average molecular weight is 801 g/mol. The molecule has 4 amide bonds. The number of nitrogens with zero attached hydrogens (tertiary/aromatic N) is 4. The van der Waals surface area contributed by atoms with Crippen molar-refractivity contribution >= 4 is 45.4 Å². The molecule has 306 valence electrons. The maximum atomic E-state index is 13.2. The molecule has 59 heavy (non-hydrogen) atoms. The molecule has 2 aliphatic heterocycles. The monoisotopic (exact) mass is 800 g/mol. The first-order valence-corrected chi connectivity index (χ1v) is 20.7. The Morgan fingerprint density at radius 3 is 2.41 bits per heavy atom. The largest absolute Gasteiger partial charge is 0.490 e. The van der Waals surface area contributed by atoms with Gasteiger partial charge in [-0.3, -0.25) is 34.4 Å². The summed E-state index contributed by atoms with van der Waals surface area (Å²) in [6, 6.07) is 16.8. The first-order chi connectivity index (χ1) is 28.8. The van der Waals surface area contributed by atoms with Gasteiger partial charge in [-0.15, -0.1) is 0 Å². The highest BCUT2D eigenvalue weighted by Gasteiger charge is 2.45. The molecule has 4 aliphatic rings. The molecule has 2 N–H and O–H groups in total. The molecule has 2 aromatic carbocycles. The Hall–Kier alpha value is -5.70. The summed E-state index contributed by atoms with van der Waals surface area (Å²) in [5.41, 5.74) is 4.95. The van der Waals surface area contributed by atoms with Crippen molar-refractivity contribution in [3.05, 3.63) is 84.3 Å². The third kappa shape index (κ3) is 8.17. The fraction of sp³-hybridized carbons (Fsp3) is 0.422. The number of imide groups is 2. The number of hydrogen-bond donors (Lipinski definition) is 2. The maximum absolute atomic E-state index is 13.2. The Labute approximate surface area is 341 Å². The number of aryl methyl sites for hydroxylation is 1. The van der Waals surface area contributed by atoms with Crippen LogP contribution in [0.1, 0.15) is 78.5 Å². The lowest BCUT2D eigenvalue weighted by Gasteiger charge is -2.34. The smallest absolute Gasteiger partial charge is 0.262 e. The SMILES string of the molecule is Cn1c2ccncc2c2ccc(-c3ccc(O[C@H]4C[C@H](OCCCOCCN[C@H]5CC[C@H](Oc6ccc7c(c6)C(=O)N(C6CCC(=O)NC6=O)C7=O)CC5)C4)nc3)cc21. The Morgan fingerprint density at radius 2 is 1.59 bits per heavy atom. The highest BCUT2D eigenvalue weighted by atomic mass is 16.5. The maximum Gasteiger partial charge on any atom is 0.262 e. The summed E-state index contributed by atoms with van der Waals surface area (Å²) in [6.07, 6.45) is 12.3. The van der Waals surface area contributed by atoms with Gasteiger partial charge in [-0.1, -0.05) is 12.1 Å². The van der Waals surface area contributed by atoms with Crippen LogP contribution in [-0.2, 0) is 26.1 Å². The predicted molar refractivity (Wildman–Crippen MR) is 218 cm³/mol. The van der Waals surface area contributed by atoms with Crippen LogP contribution in [0.25, 0.3) is 32.9 Å². The third-order valence-corrected chi connectivity index (χ3v) is 12.1. The van der Waals surface area contributed by atoms with E-state index < -0.39 is 29.7 Å². The predicted octanol–water partition coefficient (Wildman–Crippen LogP) is 5.50. The van der Waals surface area contributed by atoms with Gasteiger partial charge in [-0.2, -0.15) is 0 Å². The van der Waals surface area contributed by atoms with Crippen LogP contribution in [-0.4, -0.2) is 99.8 Å². The topological polar surface area (TPSA) is 163 Å². The van der Waals surface area contributed by atoms with E-state index in [4.69, 9.17) is 18.9 Å². The molecule has 2 aliphatic carbocycles. The van der Waals surface area contributed by atoms with Gasteiger partial charge < -0.3 is 28.8 Å². The lowest BCUT2D eigenvalue weighted by molar-refractivity contribution is -0.136. The molecular weight excluding hydrogens is 753 g/mol. The zero-order valence-corrected chi connectivity index (χ0v) is 33.1. The molecule has 0 radical (unpaired) electrons. The van der Waals surface area contributed by atoms with Crippen molar-refractivity contribution in [3.63, 3.8) is 0 Å². The van der Waals surface area contributed by atoms with E-state index in [0.29, 0.717) is 37.5 Å². The summed E-state index contributed by atoms with van der Waals surface area (Å²) in [6.45, 7) is 2.71. The van der Waals surface area contributed by atoms with E-state index in [1.807, 2.05) is 30.7 Å². The fourth-order valence-electron chi connectivity index (χ4n) is 8.72. The first-order valence-electron chi connectivity index (χ1n) is 20.7. The van der Waals surface area contributed by atoms with Crippen LogP contribution in [0.5, 0.6) is 11.6 Å². The third-order valence-electron chi connectivity index (χ3n) is 12.1. The van der Waals surface area contributed by atoms with Gasteiger partial charge in [-0.25, -0.2) is 4.98 Å². The number of carbonyl (C=O) groups is 4. The minimum Gasteiger partial charge on any atom is -0.490 e. The lowest BCUT2D eigenvalue weighted by Crippen LogP contribution is -2.54. The van der Waals surface area contributed by atoms with Crippen LogP contribution in [0, 0.1) is 0 Å². The summed E-state index contributed by atoms with van der Waals surface area (Å²) in [4.78, 5) is 59.9. The number of aromatic nitrogens is 3. The number of ether oxygens (including phenoxy) is 4. The molecule has 0 bridgehead atoms. The molecule has 9 rings (SSSR count). The molecule has 14 heteroatoms. The fourth-order valence-corrected chi connectivity index (χ4v) is 8.72. The van der Waals surface area contributed by atoms with Crippen LogP contribution in [0.4, 0.5) is 0 Å². The van der Waals surface area contributed by atoms with Crippen molar-refractivity contribution in [1.82, 2.24) is 30.1 Å². The lowest BCUT2D eigenvalue weighted by atomic mass is 9.92. The molecule has 14 nitrogen and oxygen atoms in total. The van der Waals surface area contributed by atoms with Crippen molar-refractivity contribution in [2.45, 2.75) is 88.2 Å². The zero-order chi connectivity index (χ0) is 40.5. The number of amides is 4.